The molecular weight excluding hydrogens is 342 g/mol. The van der Waals surface area contributed by atoms with Crippen molar-refractivity contribution < 1.29 is 14.7 Å². The van der Waals surface area contributed by atoms with Gasteiger partial charge >= 0.3 is 6.03 Å². The summed E-state index contributed by atoms with van der Waals surface area (Å²) in [6, 6.07) is 4.86. The highest BCUT2D eigenvalue weighted by atomic mass is 16.3. The van der Waals surface area contributed by atoms with Crippen LogP contribution in [0.2, 0.25) is 0 Å². The number of hydrogen-bond donors (Lipinski definition) is 4. The number of aliphatic hydroxyl groups is 1. The number of anilines is 1. The average molecular weight is 376 g/mol. The van der Waals surface area contributed by atoms with Crippen molar-refractivity contribution in [3.63, 3.8) is 0 Å². The molecule has 1 saturated carbocycles. The summed E-state index contributed by atoms with van der Waals surface area (Å²) in [7, 11) is 0. The van der Waals surface area contributed by atoms with Crippen LogP contribution in [0, 0.1) is 18.3 Å². The van der Waals surface area contributed by atoms with Crippen LogP contribution in [-0.4, -0.2) is 35.7 Å². The smallest absolute Gasteiger partial charge is 0.319 e. The number of carbonyl (C=O) groups excluding carboxylic acids is 2. The van der Waals surface area contributed by atoms with E-state index in [2.05, 4.69) is 36.7 Å². The summed E-state index contributed by atoms with van der Waals surface area (Å²) in [5, 5.41) is 18.7. The van der Waals surface area contributed by atoms with Gasteiger partial charge in [0.1, 0.15) is 0 Å². The molecule has 0 aliphatic heterocycles. The summed E-state index contributed by atoms with van der Waals surface area (Å²) in [5.41, 5.74) is 1.48. The van der Waals surface area contributed by atoms with Gasteiger partial charge in [0, 0.05) is 17.8 Å². The number of benzene rings is 1. The molecule has 1 fully saturated rings. The van der Waals surface area contributed by atoms with Crippen LogP contribution in [-0.2, 0) is 0 Å². The van der Waals surface area contributed by atoms with Crippen molar-refractivity contribution in [3.05, 3.63) is 29.3 Å². The maximum atomic E-state index is 12.6. The van der Waals surface area contributed by atoms with E-state index in [1.54, 1.807) is 18.2 Å². The van der Waals surface area contributed by atoms with Crippen LogP contribution in [0.1, 0.15) is 62.9 Å². The van der Waals surface area contributed by atoms with Crippen molar-refractivity contribution in [2.45, 2.75) is 59.4 Å². The Labute approximate surface area is 162 Å². The molecule has 2 rings (SSSR count). The maximum Gasteiger partial charge on any atom is 0.319 e. The number of hydrogen-bond acceptors (Lipinski definition) is 3. The number of urea groups is 1. The molecule has 150 valence electrons. The molecule has 0 aromatic heterocycles. The molecule has 1 aliphatic rings. The zero-order valence-electron chi connectivity index (χ0n) is 17.1. The van der Waals surface area contributed by atoms with E-state index in [1.165, 1.54) is 0 Å². The quantitative estimate of drug-likeness (QED) is 0.635. The summed E-state index contributed by atoms with van der Waals surface area (Å²) in [6.07, 6.45) is 2.58. The summed E-state index contributed by atoms with van der Waals surface area (Å²) < 4.78 is 0. The Bertz CT molecular complexity index is 702. The van der Waals surface area contributed by atoms with Gasteiger partial charge in [-0.15, -0.1) is 0 Å². The van der Waals surface area contributed by atoms with Gasteiger partial charge in [0.05, 0.1) is 12.1 Å². The molecule has 0 heterocycles. The molecule has 27 heavy (non-hydrogen) atoms. The third kappa shape index (κ3) is 5.45. The largest absolute Gasteiger partial charge is 0.394 e. The number of rotatable bonds is 5. The van der Waals surface area contributed by atoms with Gasteiger partial charge in [-0.1, -0.05) is 20.8 Å². The normalized spacial score (nSPS) is 24.1. The predicted octanol–water partition coefficient (Wildman–Crippen LogP) is 3.44. The zero-order chi connectivity index (χ0) is 20.2. The summed E-state index contributed by atoms with van der Waals surface area (Å²) in [5.74, 6) is 0.300. The molecule has 1 aromatic carbocycles. The second-order valence-corrected chi connectivity index (χ2v) is 8.76. The lowest BCUT2D eigenvalue weighted by molar-refractivity contribution is 0.0446. The fourth-order valence-electron chi connectivity index (χ4n) is 4.60. The molecule has 2 unspecified atom stereocenters. The van der Waals surface area contributed by atoms with Crippen molar-refractivity contribution in [2.24, 2.45) is 11.3 Å². The van der Waals surface area contributed by atoms with Crippen LogP contribution < -0.4 is 16.0 Å². The third-order valence-electron chi connectivity index (χ3n) is 5.21. The van der Waals surface area contributed by atoms with Crippen molar-refractivity contribution >= 4 is 17.6 Å². The highest BCUT2D eigenvalue weighted by Gasteiger charge is 2.43. The standard InChI is InChI=1S/C21H33N3O3/c1-6-22-18(26)16-7-8-17(15(3)9-16)23-19(27)24-21(13-25)11-14(2)10-20(4,5)12-21/h7-9,14,25H,6,10-13H2,1-5H3,(H,22,26)(H2,23,24,27). The second-order valence-electron chi connectivity index (χ2n) is 8.76. The van der Waals surface area contributed by atoms with E-state index in [1.807, 2.05) is 13.8 Å². The topological polar surface area (TPSA) is 90.5 Å². The summed E-state index contributed by atoms with van der Waals surface area (Å²) in [6.45, 7) is 10.7. The van der Waals surface area contributed by atoms with E-state index < -0.39 is 5.54 Å². The minimum absolute atomic E-state index is 0.0673. The number of aliphatic hydroxyl groups excluding tert-OH is 1. The molecule has 2 atom stereocenters. The van der Waals surface area contributed by atoms with Gasteiger partial charge in [-0.05, 0) is 68.2 Å². The number of nitrogens with one attached hydrogen (secondary N) is 3. The SMILES string of the molecule is CCNC(=O)c1ccc(NC(=O)NC2(CO)CC(C)CC(C)(C)C2)c(C)c1. The molecule has 1 aromatic rings. The van der Waals surface area contributed by atoms with E-state index in [0.29, 0.717) is 23.7 Å². The highest BCUT2D eigenvalue weighted by Crippen LogP contribution is 2.43. The maximum absolute atomic E-state index is 12.6. The first-order valence-electron chi connectivity index (χ1n) is 9.68. The first-order chi connectivity index (χ1) is 12.6. The van der Waals surface area contributed by atoms with Gasteiger partial charge in [-0.2, -0.15) is 0 Å². The molecule has 0 saturated heterocycles. The third-order valence-corrected chi connectivity index (χ3v) is 5.21. The van der Waals surface area contributed by atoms with Crippen LogP contribution in [0.25, 0.3) is 0 Å². The molecule has 6 nitrogen and oxygen atoms in total. The lowest BCUT2D eigenvalue weighted by atomic mass is 9.64. The van der Waals surface area contributed by atoms with Crippen molar-refractivity contribution in [3.8, 4) is 0 Å². The minimum Gasteiger partial charge on any atom is -0.394 e. The first-order valence-corrected chi connectivity index (χ1v) is 9.68. The molecule has 0 bridgehead atoms. The van der Waals surface area contributed by atoms with E-state index in [0.717, 1.165) is 24.8 Å². The molecule has 6 heteroatoms. The van der Waals surface area contributed by atoms with Crippen LogP contribution in [0.5, 0.6) is 0 Å². The Hall–Kier alpha value is -2.08. The second kappa shape index (κ2) is 8.30. The molecule has 0 spiro atoms. The van der Waals surface area contributed by atoms with Gasteiger partial charge in [0.2, 0.25) is 0 Å². The van der Waals surface area contributed by atoms with Crippen molar-refractivity contribution in [1.29, 1.82) is 0 Å². The molecule has 0 radical (unpaired) electrons. The summed E-state index contributed by atoms with van der Waals surface area (Å²) >= 11 is 0. The zero-order valence-corrected chi connectivity index (χ0v) is 17.1. The van der Waals surface area contributed by atoms with E-state index in [-0.39, 0.29) is 24.0 Å². The fraction of sp³-hybridized carbons (Fsp3) is 0.619. The van der Waals surface area contributed by atoms with E-state index in [4.69, 9.17) is 0 Å². The lowest BCUT2D eigenvalue weighted by Crippen LogP contribution is -2.58. The van der Waals surface area contributed by atoms with Crippen LogP contribution in [0.4, 0.5) is 10.5 Å². The van der Waals surface area contributed by atoms with E-state index >= 15 is 0 Å². The minimum atomic E-state index is -0.611. The molecule has 4 N–H and O–H groups in total. The van der Waals surface area contributed by atoms with E-state index in [9.17, 15) is 14.7 Å². The summed E-state index contributed by atoms with van der Waals surface area (Å²) in [4.78, 5) is 24.6. The number of carbonyl (C=O) groups is 2. The predicted molar refractivity (Wildman–Crippen MR) is 108 cm³/mol. The lowest BCUT2D eigenvalue weighted by Gasteiger charge is -2.47. The Morgan fingerprint density at radius 3 is 2.52 bits per heavy atom. The Morgan fingerprint density at radius 2 is 1.96 bits per heavy atom. The van der Waals surface area contributed by atoms with Crippen molar-refractivity contribution in [2.75, 3.05) is 18.5 Å². The molecule has 1 aliphatic carbocycles. The number of aryl methyl sites for hydroxylation is 1. The first kappa shape index (κ1) is 21.2. The Morgan fingerprint density at radius 1 is 1.26 bits per heavy atom. The molecule has 3 amide bonds. The van der Waals surface area contributed by atoms with Gasteiger partial charge < -0.3 is 21.1 Å². The highest BCUT2D eigenvalue weighted by molar-refractivity contribution is 5.96. The number of amides is 3. The Balaban J connectivity index is 2.09. The van der Waals surface area contributed by atoms with Crippen molar-refractivity contribution in [1.82, 2.24) is 10.6 Å². The monoisotopic (exact) mass is 375 g/mol. The van der Waals surface area contributed by atoms with Gasteiger partial charge in [0.15, 0.2) is 0 Å². The van der Waals surface area contributed by atoms with Crippen LogP contribution >= 0.6 is 0 Å². The van der Waals surface area contributed by atoms with Crippen LogP contribution in [0.15, 0.2) is 18.2 Å². The van der Waals surface area contributed by atoms with Crippen LogP contribution in [0.3, 0.4) is 0 Å². The molecular formula is C21H33N3O3. The fourth-order valence-corrected chi connectivity index (χ4v) is 4.60. The Kier molecular flexibility index (Phi) is 6.52. The van der Waals surface area contributed by atoms with Gasteiger partial charge in [-0.25, -0.2) is 4.79 Å². The van der Waals surface area contributed by atoms with Gasteiger partial charge in [0.25, 0.3) is 5.91 Å². The average Bonchev–Trinajstić information content (AvgIpc) is 2.54. The van der Waals surface area contributed by atoms with Gasteiger partial charge in [-0.3, -0.25) is 4.79 Å².